The average Bonchev–Trinajstić information content (AvgIpc) is 2.90. The summed E-state index contributed by atoms with van der Waals surface area (Å²) in [5, 5.41) is 5.04. The molecule has 0 aliphatic rings. The van der Waals surface area contributed by atoms with Gasteiger partial charge in [0.05, 0.1) is 10.6 Å². The Bertz CT molecular complexity index is 781. The molecule has 8 heteroatoms. The van der Waals surface area contributed by atoms with Crippen molar-refractivity contribution in [3.63, 3.8) is 0 Å². The summed E-state index contributed by atoms with van der Waals surface area (Å²) in [7, 11) is -3.55. The number of benzene rings is 1. The van der Waals surface area contributed by atoms with Crippen molar-refractivity contribution in [1.82, 2.24) is 9.71 Å². The van der Waals surface area contributed by atoms with E-state index in [4.69, 9.17) is 0 Å². The van der Waals surface area contributed by atoms with Gasteiger partial charge in [0, 0.05) is 17.5 Å². The van der Waals surface area contributed by atoms with Gasteiger partial charge in [-0.2, -0.15) is 0 Å². The van der Waals surface area contributed by atoms with Gasteiger partial charge < -0.3 is 0 Å². The fraction of sp³-hybridized carbons (Fsp3) is 0.333. The number of amides is 1. The molecule has 0 unspecified atom stereocenters. The summed E-state index contributed by atoms with van der Waals surface area (Å²) in [6, 6.07) is 5.81. The van der Waals surface area contributed by atoms with E-state index >= 15 is 0 Å². The molecule has 0 aliphatic heterocycles. The van der Waals surface area contributed by atoms with Gasteiger partial charge in [0.25, 0.3) is 5.91 Å². The highest BCUT2D eigenvalue weighted by Gasteiger charge is 2.15. The minimum atomic E-state index is -3.55. The highest BCUT2D eigenvalue weighted by atomic mass is 32.2. The molecule has 1 heterocycles. The maximum absolute atomic E-state index is 12.1. The summed E-state index contributed by atoms with van der Waals surface area (Å²) < 4.78 is 26.7. The third kappa shape index (κ3) is 4.85. The van der Waals surface area contributed by atoms with Crippen LogP contribution in [0.2, 0.25) is 0 Å². The molecule has 0 radical (unpaired) electrons. The van der Waals surface area contributed by atoms with Crippen LogP contribution >= 0.6 is 11.3 Å². The van der Waals surface area contributed by atoms with Gasteiger partial charge in [0.1, 0.15) is 0 Å². The zero-order valence-electron chi connectivity index (χ0n) is 13.2. The second kappa shape index (κ2) is 7.20. The van der Waals surface area contributed by atoms with Crippen molar-refractivity contribution in [2.75, 3.05) is 11.9 Å². The van der Waals surface area contributed by atoms with Gasteiger partial charge >= 0.3 is 0 Å². The highest BCUT2D eigenvalue weighted by molar-refractivity contribution is 7.89. The standard InChI is InChI=1S/C15H19N3O3S2/c1-10(2)8-16-23(20,21)13-6-4-12(5-7-13)14(19)18-15-17-11(3)9-22-15/h4-7,9-10,16H,8H2,1-3H3,(H,17,18,19). The summed E-state index contributed by atoms with van der Waals surface area (Å²) in [5.41, 5.74) is 1.21. The third-order valence-corrected chi connectivity index (χ3v) is 5.26. The van der Waals surface area contributed by atoms with Crippen LogP contribution in [0.25, 0.3) is 0 Å². The number of rotatable bonds is 6. The van der Waals surface area contributed by atoms with Crippen LogP contribution in [-0.2, 0) is 10.0 Å². The maximum Gasteiger partial charge on any atom is 0.257 e. The van der Waals surface area contributed by atoms with Gasteiger partial charge in [-0.05, 0) is 37.1 Å². The lowest BCUT2D eigenvalue weighted by Crippen LogP contribution is -2.27. The molecule has 23 heavy (non-hydrogen) atoms. The van der Waals surface area contributed by atoms with Crippen molar-refractivity contribution < 1.29 is 13.2 Å². The quantitative estimate of drug-likeness (QED) is 0.835. The van der Waals surface area contributed by atoms with E-state index in [1.807, 2.05) is 26.2 Å². The zero-order valence-corrected chi connectivity index (χ0v) is 14.8. The SMILES string of the molecule is Cc1csc(NC(=O)c2ccc(S(=O)(=O)NCC(C)C)cc2)n1. The number of anilines is 1. The Labute approximate surface area is 140 Å². The van der Waals surface area contributed by atoms with E-state index in [1.165, 1.54) is 35.6 Å². The Kier molecular flexibility index (Phi) is 5.51. The topological polar surface area (TPSA) is 88.2 Å². The normalized spacial score (nSPS) is 11.7. The first-order valence-electron chi connectivity index (χ1n) is 7.11. The Morgan fingerprint density at radius 1 is 1.26 bits per heavy atom. The van der Waals surface area contributed by atoms with Crippen LogP contribution in [0.3, 0.4) is 0 Å². The van der Waals surface area contributed by atoms with E-state index in [2.05, 4.69) is 15.0 Å². The molecule has 2 aromatic rings. The number of aromatic nitrogens is 1. The lowest BCUT2D eigenvalue weighted by molar-refractivity contribution is 0.102. The van der Waals surface area contributed by atoms with Gasteiger partial charge in [-0.3, -0.25) is 10.1 Å². The third-order valence-electron chi connectivity index (χ3n) is 2.95. The van der Waals surface area contributed by atoms with Crippen molar-refractivity contribution in [2.24, 2.45) is 5.92 Å². The van der Waals surface area contributed by atoms with E-state index < -0.39 is 10.0 Å². The molecule has 2 rings (SSSR count). The van der Waals surface area contributed by atoms with E-state index in [-0.39, 0.29) is 16.7 Å². The number of carbonyl (C=O) groups excluding carboxylic acids is 1. The van der Waals surface area contributed by atoms with Crippen molar-refractivity contribution in [2.45, 2.75) is 25.7 Å². The van der Waals surface area contributed by atoms with Crippen LogP contribution in [0.1, 0.15) is 29.9 Å². The molecule has 6 nitrogen and oxygen atoms in total. The lowest BCUT2D eigenvalue weighted by atomic mass is 10.2. The summed E-state index contributed by atoms with van der Waals surface area (Å²) in [6.07, 6.45) is 0. The molecule has 1 aromatic carbocycles. The van der Waals surface area contributed by atoms with Crippen molar-refractivity contribution in [1.29, 1.82) is 0 Å². The number of hydrogen-bond acceptors (Lipinski definition) is 5. The molecule has 0 spiro atoms. The molecule has 0 saturated heterocycles. The van der Waals surface area contributed by atoms with Crippen molar-refractivity contribution >= 4 is 32.4 Å². The van der Waals surface area contributed by atoms with Crippen LogP contribution < -0.4 is 10.0 Å². The minimum Gasteiger partial charge on any atom is -0.298 e. The number of thiazole rings is 1. The Hall–Kier alpha value is -1.77. The maximum atomic E-state index is 12.1. The summed E-state index contributed by atoms with van der Waals surface area (Å²) >= 11 is 1.34. The molecular weight excluding hydrogens is 334 g/mol. The molecule has 1 amide bonds. The molecule has 2 N–H and O–H groups in total. The molecule has 0 saturated carbocycles. The molecule has 124 valence electrons. The Morgan fingerprint density at radius 2 is 1.91 bits per heavy atom. The number of carbonyl (C=O) groups is 1. The summed E-state index contributed by atoms with van der Waals surface area (Å²) in [4.78, 5) is 16.4. The average molecular weight is 353 g/mol. The fourth-order valence-electron chi connectivity index (χ4n) is 1.73. The van der Waals surface area contributed by atoms with Crippen LogP contribution in [-0.4, -0.2) is 25.9 Å². The first-order chi connectivity index (χ1) is 10.8. The molecular formula is C15H19N3O3S2. The van der Waals surface area contributed by atoms with Crippen LogP contribution in [0, 0.1) is 12.8 Å². The van der Waals surface area contributed by atoms with Gasteiger partial charge in [-0.25, -0.2) is 18.1 Å². The predicted octanol–water partition coefficient (Wildman–Crippen LogP) is 2.64. The van der Waals surface area contributed by atoms with Gasteiger partial charge in [0.2, 0.25) is 10.0 Å². The number of nitrogens with one attached hydrogen (secondary N) is 2. The molecule has 0 fully saturated rings. The number of aryl methyl sites for hydroxylation is 1. The van der Waals surface area contributed by atoms with E-state index in [0.29, 0.717) is 17.2 Å². The predicted molar refractivity (Wildman–Crippen MR) is 91.3 cm³/mol. The van der Waals surface area contributed by atoms with Crippen LogP contribution in [0.4, 0.5) is 5.13 Å². The van der Waals surface area contributed by atoms with E-state index in [1.54, 1.807) is 0 Å². The zero-order chi connectivity index (χ0) is 17.0. The summed E-state index contributed by atoms with van der Waals surface area (Å²) in [5.74, 6) is -0.102. The number of sulfonamides is 1. The lowest BCUT2D eigenvalue weighted by Gasteiger charge is -2.09. The second-order valence-corrected chi connectivity index (χ2v) is 8.14. The number of hydrogen-bond donors (Lipinski definition) is 2. The van der Waals surface area contributed by atoms with Crippen molar-refractivity contribution in [3.8, 4) is 0 Å². The fourth-order valence-corrected chi connectivity index (χ4v) is 3.62. The van der Waals surface area contributed by atoms with Crippen LogP contribution in [0.15, 0.2) is 34.5 Å². The van der Waals surface area contributed by atoms with Crippen molar-refractivity contribution in [3.05, 3.63) is 40.9 Å². The largest absolute Gasteiger partial charge is 0.298 e. The molecule has 0 aliphatic carbocycles. The van der Waals surface area contributed by atoms with Gasteiger partial charge in [-0.1, -0.05) is 13.8 Å². The Balaban J connectivity index is 2.08. The molecule has 0 bridgehead atoms. The summed E-state index contributed by atoms with van der Waals surface area (Å²) in [6.45, 7) is 6.07. The highest BCUT2D eigenvalue weighted by Crippen LogP contribution is 2.16. The second-order valence-electron chi connectivity index (χ2n) is 5.52. The minimum absolute atomic E-state index is 0.139. The van der Waals surface area contributed by atoms with E-state index in [9.17, 15) is 13.2 Å². The van der Waals surface area contributed by atoms with Gasteiger partial charge in [-0.15, -0.1) is 11.3 Å². The smallest absolute Gasteiger partial charge is 0.257 e. The van der Waals surface area contributed by atoms with E-state index in [0.717, 1.165) is 5.69 Å². The first-order valence-corrected chi connectivity index (χ1v) is 9.47. The van der Waals surface area contributed by atoms with Gasteiger partial charge in [0.15, 0.2) is 5.13 Å². The van der Waals surface area contributed by atoms with Crippen LogP contribution in [0.5, 0.6) is 0 Å². The molecule has 1 aromatic heterocycles. The Morgan fingerprint density at radius 3 is 2.43 bits per heavy atom. The first kappa shape index (κ1) is 17.6. The number of nitrogens with zero attached hydrogens (tertiary/aromatic N) is 1. The molecule has 0 atom stereocenters. The monoisotopic (exact) mass is 353 g/mol.